The summed E-state index contributed by atoms with van der Waals surface area (Å²) in [6, 6.07) is 7.86. The lowest BCUT2D eigenvalue weighted by atomic mass is 10.2. The summed E-state index contributed by atoms with van der Waals surface area (Å²) in [4.78, 5) is 18.6. The summed E-state index contributed by atoms with van der Waals surface area (Å²) in [6.07, 6.45) is 1.72. The van der Waals surface area contributed by atoms with Crippen LogP contribution in [0.3, 0.4) is 0 Å². The predicted molar refractivity (Wildman–Crippen MR) is 72.5 cm³/mol. The van der Waals surface area contributed by atoms with Crippen molar-refractivity contribution >= 4 is 11.4 Å². The van der Waals surface area contributed by atoms with Crippen molar-refractivity contribution in [1.29, 1.82) is 0 Å². The van der Waals surface area contributed by atoms with Gasteiger partial charge in [0.15, 0.2) is 0 Å². The number of nitrogens with two attached hydrogens (primary N) is 1. The second-order valence-corrected chi connectivity index (χ2v) is 3.82. The van der Waals surface area contributed by atoms with Crippen LogP contribution >= 0.6 is 0 Å². The van der Waals surface area contributed by atoms with Crippen LogP contribution in [0.25, 0.3) is 0 Å². The molecule has 116 valence electrons. The van der Waals surface area contributed by atoms with E-state index >= 15 is 0 Å². The van der Waals surface area contributed by atoms with Crippen molar-refractivity contribution < 1.29 is 24.4 Å². The molecule has 22 heavy (non-hydrogen) atoms. The van der Waals surface area contributed by atoms with Crippen molar-refractivity contribution in [3.63, 3.8) is 0 Å². The molecule has 0 aliphatic heterocycles. The van der Waals surface area contributed by atoms with Gasteiger partial charge in [-0.15, -0.1) is 0 Å². The van der Waals surface area contributed by atoms with Crippen LogP contribution in [0.15, 0.2) is 42.6 Å². The minimum Gasteiger partial charge on any atom is -0.868 e. The fourth-order valence-electron chi connectivity index (χ4n) is 1.38. The first-order chi connectivity index (χ1) is 10.4. The van der Waals surface area contributed by atoms with Crippen molar-refractivity contribution in [1.82, 2.24) is 0 Å². The van der Waals surface area contributed by atoms with Crippen LogP contribution in [0, 0.1) is 20.2 Å². The molecule has 0 bridgehead atoms. The van der Waals surface area contributed by atoms with Crippen LogP contribution in [0.2, 0.25) is 0 Å². The summed E-state index contributed by atoms with van der Waals surface area (Å²) in [5.74, 6) is 5.24. The molecular weight excluding hydrogens is 296 g/mol. The smallest absolute Gasteiger partial charge is 0.396 e. The molecule has 2 aromatic rings. The number of pyridine rings is 1. The molecule has 0 atom stereocenters. The summed E-state index contributed by atoms with van der Waals surface area (Å²) in [7, 11) is 1.58. The summed E-state index contributed by atoms with van der Waals surface area (Å²) >= 11 is 0. The fraction of sp³-hybridized carbons (Fsp3) is 0.0833. The molecule has 0 spiro atoms. The highest BCUT2D eigenvalue weighted by Crippen LogP contribution is 2.27. The third kappa shape index (κ3) is 4.30. The normalized spacial score (nSPS) is 9.32. The number of nitrogens with zero attached hydrogens (tertiary/aromatic N) is 3. The molecule has 2 N–H and O–H groups in total. The molecular formula is C12H12N4O6. The molecule has 1 heterocycles. The first-order valence-electron chi connectivity index (χ1n) is 5.76. The zero-order valence-electron chi connectivity index (χ0n) is 11.4. The molecule has 1 aromatic heterocycles. The van der Waals surface area contributed by atoms with Gasteiger partial charge in [0.25, 0.3) is 11.4 Å². The number of non-ortho nitro benzene ring substituents is 1. The highest BCUT2D eigenvalue weighted by atomic mass is 16.6. The number of ether oxygens (including phenoxy) is 1. The van der Waals surface area contributed by atoms with E-state index in [0.29, 0.717) is 11.9 Å². The first-order valence-corrected chi connectivity index (χ1v) is 5.76. The minimum atomic E-state index is -0.949. The van der Waals surface area contributed by atoms with Crippen molar-refractivity contribution in [2.24, 2.45) is 0 Å². The molecule has 10 heteroatoms. The van der Waals surface area contributed by atoms with Gasteiger partial charge in [-0.1, -0.05) is 10.7 Å². The van der Waals surface area contributed by atoms with Gasteiger partial charge in [0.2, 0.25) is 6.20 Å². The third-order valence-electron chi connectivity index (χ3n) is 2.41. The summed E-state index contributed by atoms with van der Waals surface area (Å²) in [5.41, 5.74) is -1.25. The number of benzene rings is 1. The molecule has 0 saturated heterocycles. The second kappa shape index (κ2) is 7.38. The lowest BCUT2D eigenvalue weighted by Crippen LogP contribution is -2.44. The van der Waals surface area contributed by atoms with E-state index in [-0.39, 0.29) is 0 Å². The number of nitro groups is 2. The number of aromatic nitrogens is 1. The number of nitrogen functional groups attached to an aromatic ring is 1. The monoisotopic (exact) mass is 308 g/mol. The van der Waals surface area contributed by atoms with E-state index in [2.05, 4.69) is 0 Å². The molecule has 0 amide bonds. The number of hydrogen-bond donors (Lipinski definition) is 1. The zero-order valence-corrected chi connectivity index (χ0v) is 11.4. The average molecular weight is 308 g/mol. The minimum absolute atomic E-state index is 0.466. The van der Waals surface area contributed by atoms with E-state index in [9.17, 15) is 25.3 Å². The van der Waals surface area contributed by atoms with Gasteiger partial charge in [-0.3, -0.25) is 20.2 Å². The second-order valence-electron chi connectivity index (χ2n) is 3.82. The zero-order chi connectivity index (χ0) is 16.7. The molecule has 0 aliphatic carbocycles. The van der Waals surface area contributed by atoms with Crippen LogP contribution in [-0.4, -0.2) is 17.0 Å². The number of nitro benzene ring substituents is 2. The van der Waals surface area contributed by atoms with E-state index in [0.717, 1.165) is 12.1 Å². The topological polar surface area (TPSA) is 148 Å². The molecule has 10 nitrogen and oxygen atoms in total. The Morgan fingerprint density at radius 1 is 1.14 bits per heavy atom. The molecule has 0 radical (unpaired) electrons. The Kier molecular flexibility index (Phi) is 5.58. The lowest BCUT2D eigenvalue weighted by Gasteiger charge is -2.03. The molecule has 0 fully saturated rings. The molecule has 0 aliphatic rings. The summed E-state index contributed by atoms with van der Waals surface area (Å²) < 4.78 is 6.30. The number of hydrogen-bond acceptors (Lipinski definition) is 7. The van der Waals surface area contributed by atoms with Gasteiger partial charge in [-0.05, 0) is 11.8 Å². The van der Waals surface area contributed by atoms with Gasteiger partial charge in [-0.25, -0.2) is 5.84 Å². The Hall–Kier alpha value is -3.43. The number of methoxy groups -OCH3 is 1. The fourth-order valence-corrected chi connectivity index (χ4v) is 1.38. The summed E-state index contributed by atoms with van der Waals surface area (Å²) in [5, 5.41) is 31.1. The van der Waals surface area contributed by atoms with Crippen LogP contribution in [0.1, 0.15) is 0 Å². The highest BCUT2D eigenvalue weighted by molar-refractivity contribution is 5.51. The molecule has 0 saturated carbocycles. The first kappa shape index (κ1) is 16.6. The quantitative estimate of drug-likeness (QED) is 0.370. The van der Waals surface area contributed by atoms with E-state index in [1.807, 2.05) is 12.1 Å². The molecule has 1 aromatic carbocycles. The molecule has 0 unspecified atom stereocenters. The third-order valence-corrected chi connectivity index (χ3v) is 2.41. The lowest BCUT2D eigenvalue weighted by molar-refractivity contribution is -0.644. The van der Waals surface area contributed by atoms with Crippen LogP contribution in [0.5, 0.6) is 11.6 Å². The van der Waals surface area contributed by atoms with Gasteiger partial charge in [-0.2, -0.15) is 0 Å². The van der Waals surface area contributed by atoms with Crippen LogP contribution in [0.4, 0.5) is 11.4 Å². The van der Waals surface area contributed by atoms with Crippen molar-refractivity contribution in [2.45, 2.75) is 0 Å². The largest absolute Gasteiger partial charge is 0.868 e. The maximum absolute atomic E-state index is 10.8. The van der Waals surface area contributed by atoms with Crippen molar-refractivity contribution in [3.05, 3.63) is 62.8 Å². The van der Waals surface area contributed by atoms with E-state index in [4.69, 9.17) is 10.6 Å². The summed E-state index contributed by atoms with van der Waals surface area (Å²) in [6.45, 7) is 0. The Balaban J connectivity index is 0.000000235. The Morgan fingerprint density at radius 2 is 1.82 bits per heavy atom. The van der Waals surface area contributed by atoms with Crippen molar-refractivity contribution in [2.75, 3.05) is 13.0 Å². The Labute approximate surface area is 124 Å². The number of rotatable bonds is 3. The van der Waals surface area contributed by atoms with Gasteiger partial charge < -0.3 is 9.84 Å². The average Bonchev–Trinajstić information content (AvgIpc) is 2.48. The van der Waals surface area contributed by atoms with Gasteiger partial charge in [0.1, 0.15) is 0 Å². The Morgan fingerprint density at radius 3 is 2.27 bits per heavy atom. The van der Waals surface area contributed by atoms with Gasteiger partial charge >= 0.3 is 5.88 Å². The Bertz CT molecular complexity index is 691. The SMILES string of the molecule is COc1cccc[n+]1N.O=[N+]([O-])c1ccc([O-])c([N+](=O)[O-])c1. The van der Waals surface area contributed by atoms with E-state index < -0.39 is 27.0 Å². The van der Waals surface area contributed by atoms with E-state index in [1.54, 1.807) is 19.4 Å². The maximum Gasteiger partial charge on any atom is 0.396 e. The predicted octanol–water partition coefficient (Wildman–Crippen LogP) is 0.273. The van der Waals surface area contributed by atoms with Crippen LogP contribution < -0.4 is 20.4 Å². The highest BCUT2D eigenvalue weighted by Gasteiger charge is 2.13. The maximum atomic E-state index is 10.8. The van der Waals surface area contributed by atoms with Gasteiger partial charge in [0, 0.05) is 12.1 Å². The van der Waals surface area contributed by atoms with E-state index in [1.165, 1.54) is 4.68 Å². The standard InChI is InChI=1S/C6H4N2O5.C6H9N2O/c9-6-2-1-4(7(10)11)3-5(6)8(12)13;1-9-6-4-2-3-5-8(6)7/h1-3,9H;2-5H,7H2,1H3/q;+1/p-1. The van der Waals surface area contributed by atoms with Crippen molar-refractivity contribution in [3.8, 4) is 11.6 Å². The molecule has 2 rings (SSSR count). The van der Waals surface area contributed by atoms with Crippen LogP contribution in [-0.2, 0) is 0 Å². The van der Waals surface area contributed by atoms with Gasteiger partial charge in [0.05, 0.1) is 29.1 Å².